The maximum Gasteiger partial charge on any atom is 0.407 e. The van der Waals surface area contributed by atoms with Crippen molar-refractivity contribution in [1.29, 1.82) is 0 Å². The minimum atomic E-state index is -0.899. The van der Waals surface area contributed by atoms with E-state index < -0.39 is 47.1 Å². The largest absolute Gasteiger partial charge is 0.444 e. The molecule has 3 amide bonds. The number of hydrazine groups is 1. The fourth-order valence-electron chi connectivity index (χ4n) is 2.87. The Morgan fingerprint density at radius 1 is 1.04 bits per heavy atom. The van der Waals surface area contributed by atoms with Crippen LogP contribution in [-0.4, -0.2) is 29.6 Å². The first-order chi connectivity index (χ1) is 12.5. The summed E-state index contributed by atoms with van der Waals surface area (Å²) in [4.78, 5) is 36.2. The Labute approximate surface area is 155 Å². The van der Waals surface area contributed by atoms with E-state index in [2.05, 4.69) is 16.2 Å². The summed E-state index contributed by atoms with van der Waals surface area (Å²) in [5.74, 6) is -3.70. The lowest BCUT2D eigenvalue weighted by Crippen LogP contribution is -2.50. The van der Waals surface area contributed by atoms with Crippen LogP contribution in [0.5, 0.6) is 0 Å². The molecule has 9 heteroatoms. The first-order valence-corrected chi connectivity index (χ1v) is 8.61. The quantitative estimate of drug-likeness (QED) is 0.699. The molecule has 2 rings (SSSR count). The lowest BCUT2D eigenvalue weighted by Gasteiger charge is -2.24. The van der Waals surface area contributed by atoms with Crippen LogP contribution in [0.1, 0.15) is 50.4 Å². The lowest BCUT2D eigenvalue weighted by molar-refractivity contribution is -0.126. The maximum absolute atomic E-state index is 13.2. The predicted octanol–water partition coefficient (Wildman–Crippen LogP) is 2.42. The molecule has 0 heterocycles. The third-order valence-corrected chi connectivity index (χ3v) is 3.98. The number of ether oxygens (including phenoxy) is 1. The van der Waals surface area contributed by atoms with E-state index in [0.717, 1.165) is 18.6 Å². The molecule has 27 heavy (non-hydrogen) atoms. The molecule has 2 unspecified atom stereocenters. The summed E-state index contributed by atoms with van der Waals surface area (Å²) in [6.07, 6.45) is 1.23. The van der Waals surface area contributed by atoms with Gasteiger partial charge in [-0.3, -0.25) is 20.4 Å². The molecule has 1 aromatic rings. The lowest BCUT2D eigenvalue weighted by atomic mass is 10.0. The average molecular weight is 383 g/mol. The van der Waals surface area contributed by atoms with Crippen LogP contribution in [0.25, 0.3) is 0 Å². The first kappa shape index (κ1) is 20.6. The molecular weight excluding hydrogens is 360 g/mol. The van der Waals surface area contributed by atoms with E-state index in [1.54, 1.807) is 20.8 Å². The van der Waals surface area contributed by atoms with E-state index in [1.807, 2.05) is 0 Å². The molecule has 1 aromatic carbocycles. The van der Waals surface area contributed by atoms with E-state index in [0.29, 0.717) is 18.9 Å². The van der Waals surface area contributed by atoms with Gasteiger partial charge in [-0.15, -0.1) is 0 Å². The molecule has 0 bridgehead atoms. The predicted molar refractivity (Wildman–Crippen MR) is 92.5 cm³/mol. The van der Waals surface area contributed by atoms with Crippen molar-refractivity contribution in [3.05, 3.63) is 35.4 Å². The fourth-order valence-corrected chi connectivity index (χ4v) is 2.87. The number of alkyl carbamates (subject to hydrolysis) is 1. The van der Waals surface area contributed by atoms with Crippen LogP contribution in [-0.2, 0) is 9.53 Å². The molecule has 1 aliphatic carbocycles. The normalized spacial score (nSPS) is 19.3. The van der Waals surface area contributed by atoms with Crippen molar-refractivity contribution in [3.63, 3.8) is 0 Å². The van der Waals surface area contributed by atoms with Crippen molar-refractivity contribution < 1.29 is 27.9 Å². The zero-order chi connectivity index (χ0) is 20.2. The van der Waals surface area contributed by atoms with Crippen molar-refractivity contribution in [2.24, 2.45) is 5.92 Å². The SMILES string of the molecule is CC(C)(C)OC(=O)NC1CCCC1C(=O)NNC(=O)c1cc(F)cc(F)c1. The third-order valence-electron chi connectivity index (χ3n) is 3.98. The van der Waals surface area contributed by atoms with Crippen molar-refractivity contribution in [3.8, 4) is 0 Å². The Hall–Kier alpha value is -2.71. The molecule has 7 nitrogen and oxygen atoms in total. The standard InChI is InChI=1S/C18H23F2N3O4/c1-18(2,3)27-17(26)21-14-6-4-5-13(14)16(25)23-22-15(24)10-7-11(19)9-12(20)8-10/h7-9,13-14H,4-6H2,1-3H3,(H,21,26)(H,22,24)(H,23,25). The highest BCUT2D eigenvalue weighted by Gasteiger charge is 2.35. The van der Waals surface area contributed by atoms with Crippen LogP contribution in [0.3, 0.4) is 0 Å². The number of halogens is 2. The number of carbonyl (C=O) groups excluding carboxylic acids is 3. The van der Waals surface area contributed by atoms with Crippen LogP contribution in [0, 0.1) is 17.6 Å². The highest BCUT2D eigenvalue weighted by molar-refractivity contribution is 5.95. The summed E-state index contributed by atoms with van der Waals surface area (Å²) < 4.78 is 31.5. The van der Waals surface area contributed by atoms with Gasteiger partial charge in [0.05, 0.1) is 5.92 Å². The summed E-state index contributed by atoms with van der Waals surface area (Å²) in [6.45, 7) is 5.20. The van der Waals surface area contributed by atoms with Crippen LogP contribution in [0.15, 0.2) is 18.2 Å². The van der Waals surface area contributed by atoms with Crippen molar-refractivity contribution in [2.45, 2.75) is 51.7 Å². The minimum Gasteiger partial charge on any atom is -0.444 e. The molecule has 0 aromatic heterocycles. The van der Waals surface area contributed by atoms with Gasteiger partial charge >= 0.3 is 6.09 Å². The average Bonchev–Trinajstić information content (AvgIpc) is 2.97. The van der Waals surface area contributed by atoms with Crippen LogP contribution < -0.4 is 16.2 Å². The second-order valence-electron chi connectivity index (χ2n) is 7.39. The Balaban J connectivity index is 1.90. The van der Waals surface area contributed by atoms with Crippen LogP contribution in [0.2, 0.25) is 0 Å². The third kappa shape index (κ3) is 6.19. The smallest absolute Gasteiger partial charge is 0.407 e. The van der Waals surface area contributed by atoms with E-state index in [1.165, 1.54) is 0 Å². The van der Waals surface area contributed by atoms with Gasteiger partial charge in [0.1, 0.15) is 17.2 Å². The van der Waals surface area contributed by atoms with Crippen molar-refractivity contribution >= 4 is 17.9 Å². The van der Waals surface area contributed by atoms with E-state index in [9.17, 15) is 23.2 Å². The molecular formula is C18H23F2N3O4. The molecule has 148 valence electrons. The Kier molecular flexibility index (Phi) is 6.35. The number of carbonyl (C=O) groups is 3. The summed E-state index contributed by atoms with van der Waals surface area (Å²) in [5, 5.41) is 2.67. The van der Waals surface area contributed by atoms with Gasteiger partial charge < -0.3 is 10.1 Å². The van der Waals surface area contributed by atoms with E-state index in [4.69, 9.17) is 4.74 Å². The summed E-state index contributed by atoms with van der Waals surface area (Å²) in [6, 6.07) is 1.92. The van der Waals surface area contributed by atoms with Crippen LogP contribution >= 0.6 is 0 Å². The molecule has 1 fully saturated rings. The zero-order valence-corrected chi connectivity index (χ0v) is 15.4. The number of amides is 3. The summed E-state index contributed by atoms with van der Waals surface area (Å²) in [5.41, 5.74) is 3.44. The van der Waals surface area contributed by atoms with Gasteiger partial charge in [0.15, 0.2) is 0 Å². The van der Waals surface area contributed by atoms with E-state index in [-0.39, 0.29) is 5.56 Å². The molecule has 1 aliphatic rings. The number of nitrogens with one attached hydrogen (secondary N) is 3. The molecule has 1 saturated carbocycles. The Morgan fingerprint density at radius 2 is 1.67 bits per heavy atom. The zero-order valence-electron chi connectivity index (χ0n) is 15.4. The number of hydrogen-bond donors (Lipinski definition) is 3. The number of hydrogen-bond acceptors (Lipinski definition) is 4. The van der Waals surface area contributed by atoms with Crippen molar-refractivity contribution in [1.82, 2.24) is 16.2 Å². The van der Waals surface area contributed by atoms with Gasteiger partial charge in [0, 0.05) is 17.7 Å². The van der Waals surface area contributed by atoms with Gasteiger partial charge in [-0.2, -0.15) is 0 Å². The molecule has 2 atom stereocenters. The summed E-state index contributed by atoms with van der Waals surface area (Å²) in [7, 11) is 0. The Morgan fingerprint density at radius 3 is 2.26 bits per heavy atom. The fraction of sp³-hybridized carbons (Fsp3) is 0.500. The molecule has 3 N–H and O–H groups in total. The van der Waals surface area contributed by atoms with Gasteiger partial charge in [-0.25, -0.2) is 13.6 Å². The molecule has 0 radical (unpaired) electrons. The van der Waals surface area contributed by atoms with Crippen molar-refractivity contribution in [2.75, 3.05) is 0 Å². The highest BCUT2D eigenvalue weighted by atomic mass is 19.1. The maximum atomic E-state index is 13.2. The molecule has 0 aliphatic heterocycles. The van der Waals surface area contributed by atoms with Crippen LogP contribution in [0.4, 0.5) is 13.6 Å². The van der Waals surface area contributed by atoms with Gasteiger partial charge in [-0.1, -0.05) is 6.42 Å². The van der Waals surface area contributed by atoms with Gasteiger partial charge in [0.2, 0.25) is 5.91 Å². The summed E-state index contributed by atoms with van der Waals surface area (Å²) >= 11 is 0. The topological polar surface area (TPSA) is 96.5 Å². The highest BCUT2D eigenvalue weighted by Crippen LogP contribution is 2.26. The molecule has 0 spiro atoms. The van der Waals surface area contributed by atoms with Gasteiger partial charge in [-0.05, 0) is 45.7 Å². The Bertz CT molecular complexity index is 714. The molecule has 0 saturated heterocycles. The minimum absolute atomic E-state index is 0.261. The second-order valence-corrected chi connectivity index (χ2v) is 7.39. The monoisotopic (exact) mass is 383 g/mol. The number of benzene rings is 1. The van der Waals surface area contributed by atoms with E-state index >= 15 is 0 Å². The van der Waals surface area contributed by atoms with Gasteiger partial charge in [0.25, 0.3) is 5.91 Å². The number of rotatable bonds is 3. The second kappa shape index (κ2) is 8.32. The first-order valence-electron chi connectivity index (χ1n) is 8.61.